The van der Waals surface area contributed by atoms with Crippen molar-refractivity contribution in [3.63, 3.8) is 0 Å². The zero-order chi connectivity index (χ0) is 50.7. The van der Waals surface area contributed by atoms with Crippen LogP contribution in [0.2, 0.25) is 0 Å². The van der Waals surface area contributed by atoms with E-state index < -0.39 is 12.8 Å². The fourth-order valence-electron chi connectivity index (χ4n) is 3.42. The second kappa shape index (κ2) is 57.4. The van der Waals surface area contributed by atoms with Gasteiger partial charge in [0.05, 0.1) is 102 Å². The first-order valence-electron chi connectivity index (χ1n) is 24.0. The first-order valence-corrected chi connectivity index (χ1v) is 26.5. The van der Waals surface area contributed by atoms with Crippen LogP contribution in [0.1, 0.15) is 171 Å². The zero-order valence-corrected chi connectivity index (χ0v) is 46.8. The Labute approximate surface area is 392 Å². The van der Waals surface area contributed by atoms with Crippen molar-refractivity contribution in [3.05, 3.63) is 0 Å². The average Bonchev–Trinajstić information content (AvgIpc) is 3.16. The summed E-state index contributed by atoms with van der Waals surface area (Å²) in [6.07, 6.45) is 5.17. The molecule has 0 aromatic rings. The summed E-state index contributed by atoms with van der Waals surface area (Å²) in [5.41, 5.74) is -0.732. The highest BCUT2D eigenvalue weighted by Gasteiger charge is 2.32. The lowest BCUT2D eigenvalue weighted by molar-refractivity contribution is -0.161. The van der Waals surface area contributed by atoms with Crippen molar-refractivity contribution in [1.82, 2.24) is 0 Å². The van der Waals surface area contributed by atoms with Gasteiger partial charge in [-0.2, -0.15) is 0 Å². The van der Waals surface area contributed by atoms with E-state index in [1.165, 1.54) is 0 Å². The van der Waals surface area contributed by atoms with Gasteiger partial charge in [-0.15, -0.1) is 0 Å². The van der Waals surface area contributed by atoms with Crippen molar-refractivity contribution in [2.45, 2.75) is 208 Å². The van der Waals surface area contributed by atoms with Crippen molar-refractivity contribution in [2.75, 3.05) is 99.2 Å². The van der Waals surface area contributed by atoms with Crippen LogP contribution in [0, 0.1) is 11.3 Å². The highest BCUT2D eigenvalue weighted by molar-refractivity contribution is 7.57. The first-order chi connectivity index (χ1) is 29.2. The zero-order valence-electron chi connectivity index (χ0n) is 45.9. The normalized spacial score (nSPS) is 11.9. The molecule has 1 N–H and O–H groups in total. The lowest BCUT2D eigenvalue weighted by atomic mass is 9.89. The van der Waals surface area contributed by atoms with Crippen LogP contribution in [0.25, 0.3) is 0 Å². The summed E-state index contributed by atoms with van der Waals surface area (Å²) in [5.74, 6) is 0.516. The summed E-state index contributed by atoms with van der Waals surface area (Å²) in [6.45, 7) is 53.9. The van der Waals surface area contributed by atoms with Gasteiger partial charge >= 0.3 is 5.97 Å². The molecule has 1 atom stereocenters. The van der Waals surface area contributed by atoms with Crippen molar-refractivity contribution < 1.29 is 61.6 Å². The predicted octanol–water partition coefficient (Wildman–Crippen LogP) is 11.9. The highest BCUT2D eigenvalue weighted by Crippen LogP contribution is 2.38. The van der Waals surface area contributed by atoms with Gasteiger partial charge in [-0.1, -0.05) is 48.5 Å². The van der Waals surface area contributed by atoms with Gasteiger partial charge in [-0.3, -0.25) is 9.36 Å². The number of hydrogen-bond acceptors (Lipinski definition) is 13. The second-order valence-corrected chi connectivity index (χ2v) is 20.1. The van der Waals surface area contributed by atoms with Crippen molar-refractivity contribution in [3.8, 4) is 0 Å². The van der Waals surface area contributed by atoms with E-state index in [1.807, 2.05) is 69.2 Å². The Morgan fingerprint density at radius 3 is 0.984 bits per heavy atom. The van der Waals surface area contributed by atoms with E-state index in [-0.39, 0.29) is 24.8 Å². The maximum absolute atomic E-state index is 11.4. The van der Waals surface area contributed by atoms with E-state index in [9.17, 15) is 9.36 Å². The molecular weight excluding hydrogens is 827 g/mol. The van der Waals surface area contributed by atoms with E-state index >= 15 is 0 Å². The van der Waals surface area contributed by atoms with Gasteiger partial charge < -0.3 is 52.3 Å². The molecule has 0 radical (unpaired) electrons. The summed E-state index contributed by atoms with van der Waals surface area (Å²) in [6, 6.07) is 0. The summed E-state index contributed by atoms with van der Waals surface area (Å²) < 4.78 is 62.6. The molecule has 0 heterocycles. The van der Waals surface area contributed by atoms with Crippen LogP contribution in [0.3, 0.4) is 0 Å². The Kier molecular flexibility index (Phi) is 69.8. The van der Waals surface area contributed by atoms with Gasteiger partial charge in [0, 0.05) is 39.8 Å². The lowest BCUT2D eigenvalue weighted by Gasteiger charge is -2.24. The van der Waals surface area contributed by atoms with E-state index in [2.05, 4.69) is 55.4 Å². The number of ether oxygens (including phenoxy) is 9. The molecular formula is C49H111O13P. The van der Waals surface area contributed by atoms with Gasteiger partial charge in [-0.25, -0.2) is 0 Å². The molecule has 0 saturated carbocycles. The quantitative estimate of drug-likeness (QED) is 0.0431. The Balaban J connectivity index is -0.000000119. The molecule has 0 rings (SSSR count). The SMILES string of the molecule is CC(C)C.CC(C)OP(C)(C)=O.CCC(C)(CO)C(=O)OC(C)C.CCCOC(C)C.CCCOCCOC(C)C.CCCOCCOCCOC(C)C.CCOCCOC(C)C. The monoisotopic (exact) mass is 939 g/mol. The molecule has 0 aromatic heterocycles. The summed E-state index contributed by atoms with van der Waals surface area (Å²) >= 11 is 0. The third kappa shape index (κ3) is 96.3. The van der Waals surface area contributed by atoms with Crippen LogP contribution < -0.4 is 0 Å². The van der Waals surface area contributed by atoms with Gasteiger partial charge in [0.2, 0.25) is 0 Å². The Morgan fingerprint density at radius 1 is 0.476 bits per heavy atom. The van der Waals surface area contributed by atoms with Gasteiger partial charge in [0.1, 0.15) is 0 Å². The summed E-state index contributed by atoms with van der Waals surface area (Å²) in [7, 11) is -2.22. The van der Waals surface area contributed by atoms with E-state index in [0.29, 0.717) is 70.5 Å². The van der Waals surface area contributed by atoms with Crippen LogP contribution in [0.5, 0.6) is 0 Å². The third-order valence-corrected chi connectivity index (χ3v) is 7.32. The third-order valence-electron chi connectivity index (χ3n) is 6.39. The number of aliphatic hydroxyl groups excluding tert-OH is 1. The largest absolute Gasteiger partial charge is 0.462 e. The van der Waals surface area contributed by atoms with Gasteiger partial charge in [0.15, 0.2) is 7.37 Å². The number of rotatable bonds is 29. The van der Waals surface area contributed by atoms with Crippen LogP contribution in [-0.4, -0.2) is 147 Å². The van der Waals surface area contributed by atoms with Crippen molar-refractivity contribution >= 4 is 13.3 Å². The molecule has 0 aliphatic rings. The number of aliphatic hydroxyl groups is 1. The molecule has 0 aromatic carbocycles. The molecule has 1 unspecified atom stereocenters. The molecule has 0 spiro atoms. The molecule has 0 aliphatic heterocycles. The molecule has 0 aliphatic carbocycles. The Bertz CT molecular complexity index is 873. The smallest absolute Gasteiger partial charge is 0.314 e. The predicted molar refractivity (Wildman–Crippen MR) is 267 cm³/mol. The molecule has 13 nitrogen and oxygen atoms in total. The van der Waals surface area contributed by atoms with Crippen LogP contribution in [0.4, 0.5) is 0 Å². The second-order valence-electron chi connectivity index (χ2n) is 17.4. The van der Waals surface area contributed by atoms with Crippen LogP contribution >= 0.6 is 7.37 Å². The summed E-state index contributed by atoms with van der Waals surface area (Å²) in [5, 5.41) is 8.97. The minimum absolute atomic E-state index is 0.0795. The first kappa shape index (κ1) is 76.6. The van der Waals surface area contributed by atoms with Crippen molar-refractivity contribution in [1.29, 1.82) is 0 Å². The Morgan fingerprint density at radius 2 is 0.778 bits per heavy atom. The number of carbonyl (C=O) groups is 1. The maximum Gasteiger partial charge on any atom is 0.314 e. The molecule has 0 bridgehead atoms. The average molecular weight is 939 g/mol. The van der Waals surface area contributed by atoms with Gasteiger partial charge in [0.25, 0.3) is 0 Å². The maximum atomic E-state index is 11.4. The van der Waals surface area contributed by atoms with Crippen molar-refractivity contribution in [2.24, 2.45) is 11.3 Å². The van der Waals surface area contributed by atoms with E-state index in [0.717, 1.165) is 64.8 Å². The fraction of sp³-hybridized carbons (Fsp3) is 0.980. The topological polar surface area (TPSA) is 147 Å². The Hall–Kier alpha value is -0.700. The molecule has 14 heteroatoms. The number of hydrogen-bond donors (Lipinski definition) is 1. The minimum atomic E-state index is -2.22. The highest BCUT2D eigenvalue weighted by atomic mass is 31.2. The minimum Gasteiger partial charge on any atom is -0.462 e. The van der Waals surface area contributed by atoms with Gasteiger partial charge in [-0.05, 0) is 129 Å². The van der Waals surface area contributed by atoms with E-state index in [1.54, 1.807) is 34.1 Å². The number of esters is 1. The van der Waals surface area contributed by atoms with Crippen LogP contribution in [-0.2, 0) is 56.5 Å². The van der Waals surface area contributed by atoms with Crippen LogP contribution in [0.15, 0.2) is 0 Å². The number of carbonyl (C=O) groups excluding carboxylic acids is 1. The molecule has 0 fully saturated rings. The molecule has 63 heavy (non-hydrogen) atoms. The fourth-order valence-corrected chi connectivity index (χ4v) is 4.44. The molecule has 390 valence electrons. The standard InChI is InChI=1S/C10H22O3.C9H18O3.C8H18O2.C7H16O2.C6H14O.C5H13O2P.C4H10/c1-4-5-11-6-7-12-8-9-13-10(2)3;1-5-9(4,6-10)8(11)12-7(2)3;1-4-5-9-6-7-10-8(2)3;1-4-8-5-6-9-7(2)3;1-4-5-7-6(2)3;1-5(2)7-8(3,4)6;1-4(2)3/h10H,4-9H2,1-3H3;7,10H,5-6H2,1-4H3;8H,4-7H2,1-3H3;7H,4-6H2,1-3H3;6H,4-5H2,1-3H3;5H,1-4H3;4H,1-3H3. The van der Waals surface area contributed by atoms with E-state index in [4.69, 9.17) is 52.3 Å². The summed E-state index contributed by atoms with van der Waals surface area (Å²) in [4.78, 5) is 11.4. The lowest BCUT2D eigenvalue weighted by Crippen LogP contribution is -2.34. The molecule has 0 saturated heterocycles. The molecule has 0 amide bonds.